The maximum absolute atomic E-state index is 12.1. The van der Waals surface area contributed by atoms with E-state index < -0.39 is 5.97 Å². The van der Waals surface area contributed by atoms with Crippen LogP contribution in [-0.4, -0.2) is 35.6 Å². The van der Waals surface area contributed by atoms with Crippen LogP contribution in [0.2, 0.25) is 0 Å². The highest BCUT2D eigenvalue weighted by Crippen LogP contribution is 2.43. The van der Waals surface area contributed by atoms with Gasteiger partial charge in [0, 0.05) is 6.54 Å². The smallest absolute Gasteiger partial charge is 0.307 e. The molecule has 4 heteroatoms. The Morgan fingerprint density at radius 1 is 0.846 bits per heavy atom. The number of hydrogen-bond donors (Lipinski definition) is 1. The van der Waals surface area contributed by atoms with E-state index in [1.807, 2.05) is 48.5 Å². The van der Waals surface area contributed by atoms with Crippen molar-refractivity contribution in [1.82, 2.24) is 4.90 Å². The highest BCUT2D eigenvalue weighted by Gasteiger charge is 2.40. The van der Waals surface area contributed by atoms with Gasteiger partial charge in [-0.05, 0) is 112 Å². The zero-order valence-electron chi connectivity index (χ0n) is 23.7. The second-order valence-electron chi connectivity index (χ2n) is 12.3. The minimum atomic E-state index is -0.519. The molecule has 2 aromatic rings. The monoisotopic (exact) mass is 528 g/mol. The van der Waals surface area contributed by atoms with Crippen molar-refractivity contribution < 1.29 is 9.90 Å². The van der Waals surface area contributed by atoms with E-state index >= 15 is 0 Å². The van der Waals surface area contributed by atoms with Crippen LogP contribution in [0.5, 0.6) is 0 Å². The third kappa shape index (κ3) is 9.50. The van der Waals surface area contributed by atoms with Gasteiger partial charge in [-0.2, -0.15) is 5.26 Å². The molecule has 0 amide bonds. The van der Waals surface area contributed by atoms with E-state index in [4.69, 9.17) is 5.26 Å². The number of aryl methyl sites for hydroxylation is 1. The van der Waals surface area contributed by atoms with E-state index in [9.17, 15) is 9.90 Å². The minimum Gasteiger partial charge on any atom is -0.481 e. The van der Waals surface area contributed by atoms with Crippen molar-refractivity contribution in [2.24, 2.45) is 29.6 Å². The van der Waals surface area contributed by atoms with Crippen LogP contribution in [0.25, 0.3) is 0 Å². The van der Waals surface area contributed by atoms with Crippen molar-refractivity contribution in [2.75, 3.05) is 19.6 Å². The van der Waals surface area contributed by atoms with Crippen molar-refractivity contribution in [3.05, 3.63) is 71.8 Å². The van der Waals surface area contributed by atoms with Crippen LogP contribution in [0.3, 0.4) is 0 Å². The number of aliphatic carboxylic acids is 1. The van der Waals surface area contributed by atoms with Crippen molar-refractivity contribution in [3.8, 4) is 6.07 Å². The molecular weight excluding hydrogens is 480 g/mol. The highest BCUT2D eigenvalue weighted by molar-refractivity contribution is 5.70. The molecule has 210 valence electrons. The first kappa shape index (κ1) is 29.3. The number of carbonyl (C=O) groups is 1. The number of nitrogens with zero attached hydrogens (tertiary/aromatic N) is 2. The van der Waals surface area contributed by atoms with Gasteiger partial charge < -0.3 is 10.0 Å². The van der Waals surface area contributed by atoms with Crippen LogP contribution >= 0.6 is 0 Å². The van der Waals surface area contributed by atoms with Crippen molar-refractivity contribution in [1.29, 1.82) is 5.26 Å². The molecule has 2 aromatic carbocycles. The summed E-state index contributed by atoms with van der Waals surface area (Å²) in [6.45, 7) is 3.62. The number of carboxylic acid groups (broad SMARTS) is 1. The Kier molecular flexibility index (Phi) is 11.9. The van der Waals surface area contributed by atoms with Gasteiger partial charge in [-0.1, -0.05) is 74.2 Å². The zero-order valence-corrected chi connectivity index (χ0v) is 23.7. The first-order valence-electron chi connectivity index (χ1n) is 15.6. The van der Waals surface area contributed by atoms with E-state index in [-0.39, 0.29) is 5.92 Å². The van der Waals surface area contributed by atoms with Crippen LogP contribution in [0.1, 0.15) is 88.2 Å². The molecule has 3 aliphatic rings. The number of nitriles is 1. The van der Waals surface area contributed by atoms with Gasteiger partial charge >= 0.3 is 5.97 Å². The van der Waals surface area contributed by atoms with Crippen molar-refractivity contribution in [3.63, 3.8) is 0 Å². The predicted molar refractivity (Wildman–Crippen MR) is 158 cm³/mol. The lowest BCUT2D eigenvalue weighted by molar-refractivity contribution is -0.146. The molecule has 4 nitrogen and oxygen atoms in total. The molecule has 0 radical (unpaired) electrons. The van der Waals surface area contributed by atoms with Crippen molar-refractivity contribution in [2.45, 2.75) is 83.5 Å². The summed E-state index contributed by atoms with van der Waals surface area (Å²) in [5, 5.41) is 18.9. The molecule has 1 N–H and O–H groups in total. The third-order valence-electron chi connectivity index (χ3n) is 9.58. The molecule has 2 saturated carbocycles. The molecule has 0 bridgehead atoms. The van der Waals surface area contributed by atoms with Gasteiger partial charge in [0.05, 0.1) is 17.6 Å². The van der Waals surface area contributed by atoms with E-state index in [1.165, 1.54) is 76.6 Å². The topological polar surface area (TPSA) is 64.3 Å². The van der Waals surface area contributed by atoms with Gasteiger partial charge in [0.25, 0.3) is 0 Å². The maximum Gasteiger partial charge on any atom is 0.307 e. The van der Waals surface area contributed by atoms with Crippen LogP contribution in [0.15, 0.2) is 60.7 Å². The normalized spacial score (nSPS) is 23.4. The predicted octanol–water partition coefficient (Wildman–Crippen LogP) is 7.98. The summed E-state index contributed by atoms with van der Waals surface area (Å²) >= 11 is 0. The lowest BCUT2D eigenvalue weighted by Gasteiger charge is -2.34. The average Bonchev–Trinajstić information content (AvgIpc) is 3.43. The van der Waals surface area contributed by atoms with E-state index in [0.717, 1.165) is 43.6 Å². The maximum atomic E-state index is 12.1. The number of rotatable bonds is 9. The molecule has 1 aliphatic heterocycles. The van der Waals surface area contributed by atoms with Gasteiger partial charge in [0.2, 0.25) is 0 Å². The Labute approximate surface area is 236 Å². The molecule has 3 fully saturated rings. The van der Waals surface area contributed by atoms with Gasteiger partial charge in [-0.3, -0.25) is 4.79 Å². The summed E-state index contributed by atoms with van der Waals surface area (Å²) in [4.78, 5) is 14.8. The Hall–Kier alpha value is -2.64. The number of piperidine rings is 1. The van der Waals surface area contributed by atoms with Crippen LogP contribution in [-0.2, 0) is 11.2 Å². The number of hydrogen-bond acceptors (Lipinski definition) is 3. The zero-order chi connectivity index (χ0) is 27.3. The summed E-state index contributed by atoms with van der Waals surface area (Å²) in [6.07, 6.45) is 15.8. The van der Waals surface area contributed by atoms with Crippen molar-refractivity contribution >= 4 is 5.97 Å². The Bertz CT molecular complexity index is 974. The molecule has 3 unspecified atom stereocenters. The van der Waals surface area contributed by atoms with E-state index in [1.54, 1.807) is 0 Å². The molecule has 0 aromatic heterocycles. The molecule has 5 rings (SSSR count). The Morgan fingerprint density at radius 3 is 2.08 bits per heavy atom. The fourth-order valence-electron chi connectivity index (χ4n) is 7.44. The van der Waals surface area contributed by atoms with E-state index in [0.29, 0.717) is 17.8 Å². The summed E-state index contributed by atoms with van der Waals surface area (Å²) < 4.78 is 0. The van der Waals surface area contributed by atoms with Gasteiger partial charge in [0.15, 0.2) is 0 Å². The van der Waals surface area contributed by atoms with Gasteiger partial charge in [-0.15, -0.1) is 0 Å². The lowest BCUT2D eigenvalue weighted by Crippen LogP contribution is -2.37. The Morgan fingerprint density at radius 2 is 1.49 bits per heavy atom. The standard InChI is InChI=1S/C29H42N2O2.C6H6/c30-20-24-11-9-22(10-12-24)5-4-6-23-15-17-31(18-16-23)21-25-13-14-27(19-25)28(29(32)33)26-7-2-1-3-8-26;1-2-4-6-5-3-1/h9-12,23,25-28H,1-8,13-19,21H2,(H,32,33);1-6H. The second kappa shape index (κ2) is 15.8. The summed E-state index contributed by atoms with van der Waals surface area (Å²) in [6, 6.07) is 22.2. The lowest BCUT2D eigenvalue weighted by atomic mass is 9.73. The van der Waals surface area contributed by atoms with E-state index in [2.05, 4.69) is 23.1 Å². The van der Waals surface area contributed by atoms with Gasteiger partial charge in [0.1, 0.15) is 0 Å². The molecule has 1 heterocycles. The molecule has 3 atom stereocenters. The first-order chi connectivity index (χ1) is 19.1. The minimum absolute atomic E-state index is 0.0860. The highest BCUT2D eigenvalue weighted by atomic mass is 16.4. The molecule has 39 heavy (non-hydrogen) atoms. The van der Waals surface area contributed by atoms with Gasteiger partial charge in [-0.25, -0.2) is 0 Å². The summed E-state index contributed by atoms with van der Waals surface area (Å²) in [5.74, 6) is 1.79. The molecule has 1 saturated heterocycles. The third-order valence-corrected chi connectivity index (χ3v) is 9.58. The fourth-order valence-corrected chi connectivity index (χ4v) is 7.44. The number of likely N-dealkylation sites (tertiary alicyclic amines) is 1. The Balaban J connectivity index is 0.000000519. The van der Waals surface area contributed by atoms with Crippen LogP contribution in [0.4, 0.5) is 0 Å². The van der Waals surface area contributed by atoms with Crippen LogP contribution < -0.4 is 0 Å². The fraction of sp³-hybridized carbons (Fsp3) is 0.600. The molecular formula is C35H48N2O2. The molecule has 2 aliphatic carbocycles. The van der Waals surface area contributed by atoms with Crippen LogP contribution in [0, 0.1) is 40.9 Å². The SMILES string of the molecule is N#Cc1ccc(CCCC2CCN(CC3CCC(C(C(=O)O)C4CCCCC4)C3)CC2)cc1.c1ccccc1. The summed E-state index contributed by atoms with van der Waals surface area (Å²) in [5.41, 5.74) is 2.09. The quantitative estimate of drug-likeness (QED) is 0.358. The second-order valence-corrected chi connectivity index (χ2v) is 12.3. The number of carboxylic acids is 1. The largest absolute Gasteiger partial charge is 0.481 e. The molecule has 0 spiro atoms. The number of benzene rings is 2. The summed E-state index contributed by atoms with van der Waals surface area (Å²) in [7, 11) is 0. The average molecular weight is 529 g/mol. The first-order valence-corrected chi connectivity index (χ1v) is 15.6.